The van der Waals surface area contributed by atoms with Crippen molar-refractivity contribution >= 4 is 41.0 Å². The number of benzene rings is 2. The lowest BCUT2D eigenvalue weighted by atomic mass is 10.1. The first-order chi connectivity index (χ1) is 15.9. The van der Waals surface area contributed by atoms with Gasteiger partial charge >= 0.3 is 5.97 Å². The van der Waals surface area contributed by atoms with Gasteiger partial charge in [-0.15, -0.1) is 0 Å². The molecule has 0 aliphatic carbocycles. The second-order valence-electron chi connectivity index (χ2n) is 6.55. The number of hydrogen-bond donors (Lipinski definition) is 0. The summed E-state index contributed by atoms with van der Waals surface area (Å²) in [6.07, 6.45) is 4.45. The van der Waals surface area contributed by atoms with Gasteiger partial charge < -0.3 is 23.7 Å². The molecule has 33 heavy (non-hydrogen) atoms. The maximum atomic E-state index is 13.0. The van der Waals surface area contributed by atoms with Crippen LogP contribution in [0.2, 0.25) is 10.0 Å². The molecule has 0 aliphatic rings. The SMILES string of the molecule is COc1ccc(C(=O)OC(=Cc2c(Cl)cncc2Cl)c2ccc(OC)c(OC)c2)cc1OC. The zero-order valence-corrected chi connectivity index (χ0v) is 19.9. The molecule has 3 aromatic rings. The molecule has 0 amide bonds. The van der Waals surface area contributed by atoms with Gasteiger partial charge in [0.2, 0.25) is 0 Å². The second kappa shape index (κ2) is 10.9. The molecule has 7 nitrogen and oxygen atoms in total. The molecule has 0 atom stereocenters. The predicted octanol–water partition coefficient (Wildman–Crippen LogP) is 5.78. The Morgan fingerprint density at radius 2 is 1.24 bits per heavy atom. The van der Waals surface area contributed by atoms with E-state index in [0.29, 0.717) is 44.2 Å². The maximum Gasteiger partial charge on any atom is 0.343 e. The highest BCUT2D eigenvalue weighted by Crippen LogP contribution is 2.35. The lowest BCUT2D eigenvalue weighted by Gasteiger charge is -2.14. The summed E-state index contributed by atoms with van der Waals surface area (Å²) in [5.74, 6) is 1.41. The third-order valence-corrected chi connectivity index (χ3v) is 5.26. The highest BCUT2D eigenvalue weighted by Gasteiger charge is 2.18. The van der Waals surface area contributed by atoms with Gasteiger partial charge in [-0.25, -0.2) is 4.79 Å². The van der Waals surface area contributed by atoms with Crippen molar-refractivity contribution in [3.8, 4) is 23.0 Å². The number of carbonyl (C=O) groups excluding carboxylic acids is 1. The van der Waals surface area contributed by atoms with Crippen LogP contribution in [0.4, 0.5) is 0 Å². The van der Waals surface area contributed by atoms with Crippen molar-refractivity contribution in [2.75, 3.05) is 28.4 Å². The normalized spacial score (nSPS) is 11.0. The minimum Gasteiger partial charge on any atom is -0.493 e. The summed E-state index contributed by atoms with van der Waals surface area (Å²) in [5.41, 5.74) is 1.23. The minimum absolute atomic E-state index is 0.186. The molecule has 2 aromatic carbocycles. The van der Waals surface area contributed by atoms with Crippen LogP contribution in [-0.4, -0.2) is 39.4 Å². The molecule has 0 spiro atoms. The molecular formula is C24H21Cl2NO6. The van der Waals surface area contributed by atoms with Crippen molar-refractivity contribution in [1.82, 2.24) is 4.98 Å². The summed E-state index contributed by atoms with van der Waals surface area (Å²) in [6.45, 7) is 0. The Bertz CT molecular complexity index is 1180. The van der Waals surface area contributed by atoms with Crippen molar-refractivity contribution < 1.29 is 28.5 Å². The van der Waals surface area contributed by atoms with Crippen molar-refractivity contribution in [3.05, 3.63) is 75.5 Å². The molecule has 0 N–H and O–H groups in total. The molecule has 172 valence electrons. The van der Waals surface area contributed by atoms with Crippen LogP contribution < -0.4 is 18.9 Å². The van der Waals surface area contributed by atoms with Crippen molar-refractivity contribution in [3.63, 3.8) is 0 Å². The van der Waals surface area contributed by atoms with Crippen molar-refractivity contribution in [1.29, 1.82) is 0 Å². The fraction of sp³-hybridized carbons (Fsp3) is 0.167. The predicted molar refractivity (Wildman–Crippen MR) is 127 cm³/mol. The lowest BCUT2D eigenvalue weighted by Crippen LogP contribution is -2.06. The molecule has 0 unspecified atom stereocenters. The van der Waals surface area contributed by atoms with Gasteiger partial charge in [-0.2, -0.15) is 0 Å². The molecule has 0 fully saturated rings. The molecule has 1 aromatic heterocycles. The van der Waals surface area contributed by atoms with E-state index < -0.39 is 5.97 Å². The summed E-state index contributed by atoms with van der Waals surface area (Å²) >= 11 is 12.6. The summed E-state index contributed by atoms with van der Waals surface area (Å²) < 4.78 is 27.0. The maximum absolute atomic E-state index is 13.0. The van der Waals surface area contributed by atoms with Crippen LogP contribution in [0.1, 0.15) is 21.5 Å². The van der Waals surface area contributed by atoms with E-state index >= 15 is 0 Å². The number of carbonyl (C=O) groups is 1. The number of aromatic nitrogens is 1. The number of halogens is 2. The Morgan fingerprint density at radius 1 is 0.758 bits per heavy atom. The Balaban J connectivity index is 2.08. The van der Waals surface area contributed by atoms with E-state index in [2.05, 4.69) is 4.98 Å². The molecular weight excluding hydrogens is 469 g/mol. The zero-order valence-electron chi connectivity index (χ0n) is 18.3. The largest absolute Gasteiger partial charge is 0.493 e. The number of methoxy groups -OCH3 is 4. The van der Waals surface area contributed by atoms with Crippen LogP contribution >= 0.6 is 23.2 Å². The number of pyridine rings is 1. The standard InChI is InChI=1S/C24H21Cl2NO6/c1-29-19-7-5-14(9-22(19)31-3)21(11-16-17(25)12-27-13-18(16)26)33-24(28)15-6-8-20(30-2)23(10-15)32-4/h5-13H,1-4H3. The van der Waals surface area contributed by atoms with Gasteiger partial charge in [0.25, 0.3) is 0 Å². The summed E-state index contributed by atoms with van der Waals surface area (Å²) in [6, 6.07) is 9.81. The Morgan fingerprint density at radius 3 is 1.76 bits per heavy atom. The van der Waals surface area contributed by atoms with Crippen LogP contribution in [0.25, 0.3) is 11.8 Å². The van der Waals surface area contributed by atoms with E-state index in [0.717, 1.165) is 0 Å². The van der Waals surface area contributed by atoms with Crippen molar-refractivity contribution in [2.45, 2.75) is 0 Å². The third kappa shape index (κ3) is 5.50. The topological polar surface area (TPSA) is 76.1 Å². The van der Waals surface area contributed by atoms with Crippen LogP contribution in [0, 0.1) is 0 Å². The molecule has 1 heterocycles. The highest BCUT2D eigenvalue weighted by molar-refractivity contribution is 6.37. The molecule has 0 bridgehead atoms. The fourth-order valence-electron chi connectivity index (χ4n) is 2.97. The molecule has 0 aliphatic heterocycles. The zero-order chi connectivity index (χ0) is 24.0. The molecule has 9 heteroatoms. The summed E-state index contributed by atoms with van der Waals surface area (Å²) in [5, 5.41) is 0.588. The Hall–Kier alpha value is -3.42. The summed E-state index contributed by atoms with van der Waals surface area (Å²) in [7, 11) is 6.03. The van der Waals surface area contributed by atoms with Gasteiger partial charge in [-0.3, -0.25) is 4.98 Å². The van der Waals surface area contributed by atoms with E-state index in [-0.39, 0.29) is 11.3 Å². The number of hydrogen-bond acceptors (Lipinski definition) is 7. The van der Waals surface area contributed by atoms with Gasteiger partial charge in [0.15, 0.2) is 23.0 Å². The van der Waals surface area contributed by atoms with Crippen LogP contribution in [0.3, 0.4) is 0 Å². The number of esters is 1. The Kier molecular flexibility index (Phi) is 8.03. The van der Waals surface area contributed by atoms with Gasteiger partial charge in [0, 0.05) is 23.5 Å². The van der Waals surface area contributed by atoms with E-state index in [1.807, 2.05) is 0 Å². The monoisotopic (exact) mass is 489 g/mol. The number of rotatable bonds is 8. The Labute approximate surface area is 201 Å². The smallest absolute Gasteiger partial charge is 0.343 e. The average Bonchev–Trinajstić information content (AvgIpc) is 2.84. The molecule has 3 rings (SSSR count). The van der Waals surface area contributed by atoms with Crippen molar-refractivity contribution in [2.24, 2.45) is 0 Å². The molecule has 0 saturated carbocycles. The molecule has 0 saturated heterocycles. The van der Waals surface area contributed by atoms with Crippen LogP contribution in [0.15, 0.2) is 48.8 Å². The van der Waals surface area contributed by atoms with Gasteiger partial charge in [-0.1, -0.05) is 23.2 Å². The molecule has 0 radical (unpaired) electrons. The first kappa shape index (κ1) is 24.2. The number of nitrogens with zero attached hydrogens (tertiary/aromatic N) is 1. The first-order valence-corrected chi connectivity index (χ1v) is 10.3. The summed E-state index contributed by atoms with van der Waals surface area (Å²) in [4.78, 5) is 17.0. The van der Waals surface area contributed by atoms with Gasteiger partial charge in [-0.05, 0) is 42.5 Å². The first-order valence-electron chi connectivity index (χ1n) is 9.59. The quantitative estimate of drug-likeness (QED) is 0.293. The minimum atomic E-state index is -0.627. The van der Waals surface area contributed by atoms with E-state index in [9.17, 15) is 4.79 Å². The highest BCUT2D eigenvalue weighted by atomic mass is 35.5. The lowest BCUT2D eigenvalue weighted by molar-refractivity contribution is 0.0693. The van der Waals surface area contributed by atoms with Crippen LogP contribution in [0.5, 0.6) is 23.0 Å². The average molecular weight is 490 g/mol. The van der Waals surface area contributed by atoms with Gasteiger partial charge in [0.05, 0.1) is 44.0 Å². The number of ether oxygens (including phenoxy) is 5. The fourth-order valence-corrected chi connectivity index (χ4v) is 3.45. The van der Waals surface area contributed by atoms with Crippen LogP contribution in [-0.2, 0) is 4.74 Å². The van der Waals surface area contributed by atoms with E-state index in [1.165, 1.54) is 46.9 Å². The third-order valence-electron chi connectivity index (χ3n) is 4.66. The van der Waals surface area contributed by atoms with E-state index in [4.69, 9.17) is 46.9 Å². The second-order valence-corrected chi connectivity index (χ2v) is 7.37. The van der Waals surface area contributed by atoms with Gasteiger partial charge in [0.1, 0.15) is 5.76 Å². The van der Waals surface area contributed by atoms with E-state index in [1.54, 1.807) is 36.4 Å².